The summed E-state index contributed by atoms with van der Waals surface area (Å²) in [4.78, 5) is 11.9. The van der Waals surface area contributed by atoms with Crippen molar-refractivity contribution in [2.24, 2.45) is 11.7 Å². The summed E-state index contributed by atoms with van der Waals surface area (Å²) in [7, 11) is 0. The van der Waals surface area contributed by atoms with Gasteiger partial charge < -0.3 is 11.1 Å². The molecule has 0 aliphatic heterocycles. The molecule has 0 aromatic heterocycles. The number of nitrogens with one attached hydrogen (secondary N) is 1. The number of amides is 1. The molecule has 5 heteroatoms. The third-order valence-corrected chi connectivity index (χ3v) is 3.38. The monoisotopic (exact) mass is 302 g/mol. The number of benzene rings is 1. The fourth-order valence-corrected chi connectivity index (χ4v) is 1.87. The summed E-state index contributed by atoms with van der Waals surface area (Å²) >= 11 is 3.06. The van der Waals surface area contributed by atoms with Gasteiger partial charge in [-0.1, -0.05) is 19.9 Å². The Morgan fingerprint density at radius 1 is 1.53 bits per heavy atom. The number of rotatable bonds is 4. The van der Waals surface area contributed by atoms with Crippen LogP contribution < -0.4 is 11.1 Å². The van der Waals surface area contributed by atoms with Crippen molar-refractivity contribution < 1.29 is 9.18 Å². The zero-order chi connectivity index (χ0) is 13.0. The lowest BCUT2D eigenvalue weighted by Crippen LogP contribution is -2.43. The Labute approximate surface area is 109 Å². The Morgan fingerprint density at radius 3 is 2.71 bits per heavy atom. The highest BCUT2D eigenvalue weighted by Gasteiger charge is 2.18. The number of nitrogens with two attached hydrogens (primary N) is 1. The van der Waals surface area contributed by atoms with E-state index in [0.29, 0.717) is 6.54 Å². The second kappa shape index (κ2) is 6.12. The first-order valence-corrected chi connectivity index (χ1v) is 6.21. The van der Waals surface area contributed by atoms with E-state index in [1.54, 1.807) is 6.07 Å². The van der Waals surface area contributed by atoms with Gasteiger partial charge in [0.1, 0.15) is 5.82 Å². The van der Waals surface area contributed by atoms with Crippen LogP contribution in [0.3, 0.4) is 0 Å². The molecule has 94 valence electrons. The van der Waals surface area contributed by atoms with E-state index < -0.39 is 5.82 Å². The van der Waals surface area contributed by atoms with Crippen molar-refractivity contribution in [2.75, 3.05) is 6.54 Å². The maximum atomic E-state index is 13.3. The van der Waals surface area contributed by atoms with Gasteiger partial charge >= 0.3 is 0 Å². The number of hydrogen-bond acceptors (Lipinski definition) is 2. The molecule has 0 spiro atoms. The molecular weight excluding hydrogens is 287 g/mol. The molecule has 0 heterocycles. The van der Waals surface area contributed by atoms with E-state index in [0.717, 1.165) is 0 Å². The standard InChI is InChI=1S/C12H16BrFN2O/c1-7(2)10(6-15)16-12(17)8-4-3-5-9(14)11(8)13/h3-5,7,10H,6,15H2,1-2H3,(H,16,17). The van der Waals surface area contributed by atoms with Crippen molar-refractivity contribution in [1.29, 1.82) is 0 Å². The van der Waals surface area contributed by atoms with Crippen molar-refractivity contribution in [2.45, 2.75) is 19.9 Å². The molecule has 0 saturated heterocycles. The number of carbonyl (C=O) groups is 1. The lowest BCUT2D eigenvalue weighted by atomic mass is 10.0. The first-order chi connectivity index (χ1) is 7.97. The predicted molar refractivity (Wildman–Crippen MR) is 69.2 cm³/mol. The number of halogens is 2. The smallest absolute Gasteiger partial charge is 0.252 e. The molecule has 0 aliphatic rings. The minimum Gasteiger partial charge on any atom is -0.348 e. The van der Waals surface area contributed by atoms with Gasteiger partial charge in [-0.2, -0.15) is 0 Å². The zero-order valence-electron chi connectivity index (χ0n) is 9.84. The average Bonchev–Trinajstić information content (AvgIpc) is 2.28. The third kappa shape index (κ3) is 3.51. The van der Waals surface area contributed by atoms with Crippen molar-refractivity contribution in [3.05, 3.63) is 34.1 Å². The largest absolute Gasteiger partial charge is 0.348 e. The molecule has 1 aromatic carbocycles. The normalized spacial score (nSPS) is 12.6. The van der Waals surface area contributed by atoms with E-state index in [9.17, 15) is 9.18 Å². The Morgan fingerprint density at radius 2 is 2.18 bits per heavy atom. The molecule has 1 rings (SSSR count). The molecule has 0 saturated carbocycles. The molecule has 1 aromatic rings. The first kappa shape index (κ1) is 14.1. The Kier molecular flexibility index (Phi) is 5.08. The summed E-state index contributed by atoms with van der Waals surface area (Å²) < 4.78 is 13.4. The second-order valence-electron chi connectivity index (χ2n) is 4.16. The molecule has 0 aliphatic carbocycles. The quantitative estimate of drug-likeness (QED) is 0.897. The number of hydrogen-bond donors (Lipinski definition) is 2. The minimum absolute atomic E-state index is 0.113. The van der Waals surface area contributed by atoms with Gasteiger partial charge in [-0.15, -0.1) is 0 Å². The highest BCUT2D eigenvalue weighted by atomic mass is 79.9. The summed E-state index contributed by atoms with van der Waals surface area (Å²) in [6.07, 6.45) is 0. The predicted octanol–water partition coefficient (Wildman–Crippen LogP) is 2.30. The molecule has 17 heavy (non-hydrogen) atoms. The van der Waals surface area contributed by atoms with E-state index in [2.05, 4.69) is 21.2 Å². The van der Waals surface area contributed by atoms with Crippen molar-refractivity contribution in [1.82, 2.24) is 5.32 Å². The van der Waals surface area contributed by atoms with Crippen LogP contribution in [0.15, 0.2) is 22.7 Å². The van der Waals surface area contributed by atoms with E-state index in [-0.39, 0.29) is 27.9 Å². The van der Waals surface area contributed by atoms with Gasteiger partial charge in [0.05, 0.1) is 10.0 Å². The van der Waals surface area contributed by atoms with Crippen LogP contribution in [0.2, 0.25) is 0 Å². The molecule has 3 N–H and O–H groups in total. The molecule has 0 bridgehead atoms. The summed E-state index contributed by atoms with van der Waals surface area (Å²) in [5.74, 6) is -0.539. The molecule has 3 nitrogen and oxygen atoms in total. The SMILES string of the molecule is CC(C)C(CN)NC(=O)c1cccc(F)c1Br. The Bertz CT molecular complexity index is 409. The van der Waals surface area contributed by atoms with Crippen LogP contribution in [0.1, 0.15) is 24.2 Å². The van der Waals surface area contributed by atoms with Gasteiger partial charge in [0, 0.05) is 12.6 Å². The van der Waals surface area contributed by atoms with Crippen molar-refractivity contribution >= 4 is 21.8 Å². The zero-order valence-corrected chi connectivity index (χ0v) is 11.4. The van der Waals surface area contributed by atoms with Gasteiger partial charge in [0.2, 0.25) is 0 Å². The maximum absolute atomic E-state index is 13.3. The fraction of sp³-hybridized carbons (Fsp3) is 0.417. The summed E-state index contributed by atoms with van der Waals surface area (Å²) in [5.41, 5.74) is 5.85. The van der Waals surface area contributed by atoms with Crippen LogP contribution in [0, 0.1) is 11.7 Å². The fourth-order valence-electron chi connectivity index (χ4n) is 1.42. The van der Waals surface area contributed by atoms with Crippen LogP contribution in [0.4, 0.5) is 4.39 Å². The molecule has 1 atom stereocenters. The van der Waals surface area contributed by atoms with Gasteiger partial charge in [0.25, 0.3) is 5.91 Å². The summed E-state index contributed by atoms with van der Waals surface area (Å²) in [6, 6.07) is 4.25. The lowest BCUT2D eigenvalue weighted by Gasteiger charge is -2.20. The van der Waals surface area contributed by atoms with E-state index >= 15 is 0 Å². The topological polar surface area (TPSA) is 55.1 Å². The maximum Gasteiger partial charge on any atom is 0.252 e. The molecule has 0 radical (unpaired) electrons. The van der Waals surface area contributed by atoms with Crippen molar-refractivity contribution in [3.8, 4) is 0 Å². The highest BCUT2D eigenvalue weighted by molar-refractivity contribution is 9.10. The summed E-state index contributed by atoms with van der Waals surface area (Å²) in [5, 5.41) is 2.79. The van der Waals surface area contributed by atoms with Crippen LogP contribution in [0.25, 0.3) is 0 Å². The van der Waals surface area contributed by atoms with E-state index in [1.807, 2.05) is 13.8 Å². The molecule has 1 amide bonds. The second-order valence-corrected chi connectivity index (χ2v) is 4.95. The first-order valence-electron chi connectivity index (χ1n) is 5.42. The van der Waals surface area contributed by atoms with Gasteiger partial charge in [-0.05, 0) is 34.0 Å². The Balaban J connectivity index is 2.86. The van der Waals surface area contributed by atoms with Crippen LogP contribution >= 0.6 is 15.9 Å². The van der Waals surface area contributed by atoms with Crippen molar-refractivity contribution in [3.63, 3.8) is 0 Å². The van der Waals surface area contributed by atoms with E-state index in [4.69, 9.17) is 5.73 Å². The van der Waals surface area contributed by atoms with Crippen LogP contribution in [-0.2, 0) is 0 Å². The van der Waals surface area contributed by atoms with Gasteiger partial charge in [0.15, 0.2) is 0 Å². The minimum atomic E-state index is -0.452. The van der Waals surface area contributed by atoms with Gasteiger partial charge in [-0.25, -0.2) is 4.39 Å². The average molecular weight is 303 g/mol. The molecule has 0 fully saturated rings. The third-order valence-electron chi connectivity index (χ3n) is 2.57. The highest BCUT2D eigenvalue weighted by Crippen LogP contribution is 2.20. The Hall–Kier alpha value is -0.940. The van der Waals surface area contributed by atoms with E-state index in [1.165, 1.54) is 12.1 Å². The summed E-state index contributed by atoms with van der Waals surface area (Å²) in [6.45, 7) is 4.30. The molecular formula is C12H16BrFN2O. The molecule has 1 unspecified atom stereocenters. The van der Waals surface area contributed by atoms with Crippen LogP contribution in [-0.4, -0.2) is 18.5 Å². The van der Waals surface area contributed by atoms with Crippen LogP contribution in [0.5, 0.6) is 0 Å². The van der Waals surface area contributed by atoms with Gasteiger partial charge in [-0.3, -0.25) is 4.79 Å². The lowest BCUT2D eigenvalue weighted by molar-refractivity contribution is 0.0926. The number of carbonyl (C=O) groups excluding carboxylic acids is 1.